The van der Waals surface area contributed by atoms with Gasteiger partial charge in [-0.1, -0.05) is 11.6 Å². The van der Waals surface area contributed by atoms with Crippen LogP contribution in [0.5, 0.6) is 0 Å². The molecular formula is C15H10BrClF3NO4. The number of alkyl halides is 3. The van der Waals surface area contributed by atoms with Crippen molar-refractivity contribution in [1.82, 2.24) is 0 Å². The van der Waals surface area contributed by atoms with Crippen molar-refractivity contribution in [3.63, 3.8) is 0 Å². The normalized spacial score (nSPS) is 12.6. The number of furan rings is 1. The van der Waals surface area contributed by atoms with E-state index in [2.05, 4.69) is 21.2 Å². The van der Waals surface area contributed by atoms with Crippen molar-refractivity contribution in [3.05, 3.63) is 51.3 Å². The summed E-state index contributed by atoms with van der Waals surface area (Å²) in [6, 6.07) is 5.29. The number of amides is 1. The number of benzene rings is 1. The molecule has 134 valence electrons. The summed E-state index contributed by atoms with van der Waals surface area (Å²) < 4.78 is 48.3. The molecule has 10 heteroatoms. The minimum Gasteiger partial charge on any atom is -0.447 e. The molecule has 0 radical (unpaired) electrons. The number of esters is 1. The van der Waals surface area contributed by atoms with Gasteiger partial charge >= 0.3 is 12.1 Å². The van der Waals surface area contributed by atoms with E-state index >= 15 is 0 Å². The van der Waals surface area contributed by atoms with Gasteiger partial charge in [0.05, 0.1) is 16.3 Å². The Hall–Kier alpha value is -2.00. The number of rotatable bonds is 4. The highest BCUT2D eigenvalue weighted by Gasteiger charge is 2.31. The Balaban J connectivity index is 2.07. The molecule has 1 atom stereocenters. The Morgan fingerprint density at radius 1 is 1.28 bits per heavy atom. The molecule has 1 unspecified atom stereocenters. The summed E-state index contributed by atoms with van der Waals surface area (Å²) in [5, 5.41) is 2.11. The topological polar surface area (TPSA) is 68.5 Å². The van der Waals surface area contributed by atoms with Gasteiger partial charge in [0, 0.05) is 0 Å². The first-order valence-electron chi connectivity index (χ1n) is 6.72. The molecule has 25 heavy (non-hydrogen) atoms. The molecule has 1 heterocycles. The van der Waals surface area contributed by atoms with Gasteiger partial charge in [-0.3, -0.25) is 4.79 Å². The van der Waals surface area contributed by atoms with Crippen molar-refractivity contribution in [2.24, 2.45) is 0 Å². The lowest BCUT2D eigenvalue weighted by atomic mass is 10.2. The van der Waals surface area contributed by atoms with Crippen LogP contribution in [0.3, 0.4) is 0 Å². The van der Waals surface area contributed by atoms with Crippen molar-refractivity contribution in [2.45, 2.75) is 19.2 Å². The van der Waals surface area contributed by atoms with E-state index in [0.29, 0.717) is 10.7 Å². The van der Waals surface area contributed by atoms with E-state index in [0.717, 1.165) is 12.1 Å². The predicted molar refractivity (Wildman–Crippen MR) is 86.4 cm³/mol. The van der Waals surface area contributed by atoms with Crippen LogP contribution in [0.25, 0.3) is 0 Å². The highest BCUT2D eigenvalue weighted by atomic mass is 79.9. The largest absolute Gasteiger partial charge is 0.447 e. The molecule has 0 aliphatic carbocycles. The van der Waals surface area contributed by atoms with Gasteiger partial charge in [0.25, 0.3) is 5.91 Å². The Morgan fingerprint density at radius 3 is 2.52 bits per heavy atom. The molecule has 0 bridgehead atoms. The third-order valence-corrected chi connectivity index (χ3v) is 3.73. The van der Waals surface area contributed by atoms with E-state index in [-0.39, 0.29) is 16.5 Å². The molecule has 2 aromatic rings. The lowest BCUT2D eigenvalue weighted by molar-refractivity contribution is -0.137. The Morgan fingerprint density at radius 2 is 1.96 bits per heavy atom. The lowest BCUT2D eigenvalue weighted by Crippen LogP contribution is -2.30. The molecule has 5 nitrogen and oxygen atoms in total. The van der Waals surface area contributed by atoms with Crippen molar-refractivity contribution in [1.29, 1.82) is 0 Å². The first-order chi connectivity index (χ1) is 11.6. The molecule has 0 spiro atoms. The second-order valence-electron chi connectivity index (χ2n) is 4.83. The monoisotopic (exact) mass is 439 g/mol. The van der Waals surface area contributed by atoms with Gasteiger partial charge in [-0.05, 0) is 53.2 Å². The zero-order valence-corrected chi connectivity index (χ0v) is 14.8. The maximum atomic E-state index is 12.7. The van der Waals surface area contributed by atoms with Crippen LogP contribution in [0.4, 0.5) is 18.9 Å². The Bertz CT molecular complexity index is 806. The maximum Gasteiger partial charge on any atom is 0.416 e. The van der Waals surface area contributed by atoms with Crippen LogP contribution < -0.4 is 5.32 Å². The van der Waals surface area contributed by atoms with Gasteiger partial charge in [-0.25, -0.2) is 4.79 Å². The highest BCUT2D eigenvalue weighted by Crippen LogP contribution is 2.33. The number of nitrogens with one attached hydrogen (secondary N) is 1. The summed E-state index contributed by atoms with van der Waals surface area (Å²) in [4.78, 5) is 23.8. The zero-order valence-electron chi connectivity index (χ0n) is 12.5. The third kappa shape index (κ3) is 4.99. The minimum atomic E-state index is -4.59. The molecule has 0 saturated carbocycles. The van der Waals surface area contributed by atoms with Gasteiger partial charge in [0.2, 0.25) is 5.76 Å². The van der Waals surface area contributed by atoms with Crippen LogP contribution in [0, 0.1) is 0 Å². The van der Waals surface area contributed by atoms with Crippen LogP contribution in [-0.2, 0) is 15.7 Å². The number of hydrogen-bond donors (Lipinski definition) is 1. The van der Waals surface area contributed by atoms with Crippen LogP contribution >= 0.6 is 27.5 Å². The van der Waals surface area contributed by atoms with Crippen LogP contribution in [-0.4, -0.2) is 18.0 Å². The summed E-state index contributed by atoms with van der Waals surface area (Å²) in [5.41, 5.74) is -1.22. The molecule has 0 saturated heterocycles. The summed E-state index contributed by atoms with van der Waals surface area (Å²) in [7, 11) is 0. The van der Waals surface area contributed by atoms with Gasteiger partial charge < -0.3 is 14.5 Å². The molecule has 2 rings (SSSR count). The Labute approximate surface area is 153 Å². The summed E-state index contributed by atoms with van der Waals surface area (Å²) in [6.45, 7) is 1.26. The van der Waals surface area contributed by atoms with Gasteiger partial charge in [-0.15, -0.1) is 0 Å². The zero-order chi connectivity index (χ0) is 18.8. The van der Waals surface area contributed by atoms with E-state index in [1.807, 2.05) is 0 Å². The highest BCUT2D eigenvalue weighted by molar-refractivity contribution is 9.10. The fourth-order valence-electron chi connectivity index (χ4n) is 1.73. The number of ether oxygens (including phenoxy) is 1. The van der Waals surface area contributed by atoms with Gasteiger partial charge in [0.15, 0.2) is 10.8 Å². The third-order valence-electron chi connectivity index (χ3n) is 2.98. The minimum absolute atomic E-state index is 0.0881. The van der Waals surface area contributed by atoms with E-state index in [1.165, 1.54) is 19.1 Å². The standard InChI is InChI=1S/C15H10BrClF3NO4/c1-7(24-14(23)11-4-5-12(16)25-11)13(22)21-10-6-8(15(18,19)20)2-3-9(10)17/h2-7H,1H3,(H,21,22). The van der Waals surface area contributed by atoms with Gasteiger partial charge in [0.1, 0.15) is 0 Å². The molecule has 0 aliphatic heterocycles. The lowest BCUT2D eigenvalue weighted by Gasteiger charge is -2.15. The quantitative estimate of drug-likeness (QED) is 0.687. The predicted octanol–water partition coefficient (Wildman–Crippen LogP) is 4.90. The average molecular weight is 441 g/mol. The summed E-state index contributed by atoms with van der Waals surface area (Å²) in [6.07, 6.45) is -5.88. The SMILES string of the molecule is CC(OC(=O)c1ccc(Br)o1)C(=O)Nc1cc(C(F)(F)F)ccc1Cl. The van der Waals surface area contributed by atoms with Crippen molar-refractivity contribution >= 4 is 45.1 Å². The van der Waals surface area contributed by atoms with Gasteiger partial charge in [-0.2, -0.15) is 13.2 Å². The number of carbonyl (C=O) groups is 2. The fourth-order valence-corrected chi connectivity index (χ4v) is 2.20. The number of carbonyl (C=O) groups excluding carboxylic acids is 2. The van der Waals surface area contributed by atoms with Crippen molar-refractivity contribution in [2.75, 3.05) is 5.32 Å². The molecule has 0 aliphatic rings. The van der Waals surface area contributed by atoms with Crippen molar-refractivity contribution in [3.8, 4) is 0 Å². The number of anilines is 1. The summed E-state index contributed by atoms with van der Waals surface area (Å²) >= 11 is 8.80. The molecular weight excluding hydrogens is 431 g/mol. The van der Waals surface area contributed by atoms with E-state index in [1.54, 1.807) is 0 Å². The number of halogens is 5. The van der Waals surface area contributed by atoms with E-state index < -0.39 is 29.7 Å². The summed E-state index contributed by atoms with van der Waals surface area (Å²) in [5.74, 6) is -1.88. The maximum absolute atomic E-state index is 12.7. The van der Waals surface area contributed by atoms with Crippen LogP contribution in [0.2, 0.25) is 5.02 Å². The van der Waals surface area contributed by atoms with E-state index in [9.17, 15) is 22.8 Å². The first-order valence-corrected chi connectivity index (χ1v) is 7.89. The second kappa shape index (κ2) is 7.49. The fraction of sp³-hybridized carbons (Fsp3) is 0.200. The van der Waals surface area contributed by atoms with Crippen LogP contribution in [0.1, 0.15) is 23.0 Å². The smallest absolute Gasteiger partial charge is 0.416 e. The second-order valence-corrected chi connectivity index (χ2v) is 6.02. The van der Waals surface area contributed by atoms with Crippen LogP contribution in [0.15, 0.2) is 39.4 Å². The van der Waals surface area contributed by atoms with E-state index in [4.69, 9.17) is 20.8 Å². The average Bonchev–Trinajstić information content (AvgIpc) is 2.94. The number of hydrogen-bond acceptors (Lipinski definition) is 4. The molecule has 1 aromatic carbocycles. The first kappa shape index (κ1) is 19.3. The molecule has 0 fully saturated rings. The molecule has 1 N–H and O–H groups in total. The van der Waals surface area contributed by atoms with Crippen molar-refractivity contribution < 1.29 is 31.9 Å². The Kier molecular flexibility index (Phi) is 5.79. The molecule has 1 amide bonds. The molecule has 1 aromatic heterocycles.